The zero-order chi connectivity index (χ0) is 21.0. The number of halogens is 1. The summed E-state index contributed by atoms with van der Waals surface area (Å²) in [5.41, 5.74) is 1.78. The number of hydrogen-bond acceptors (Lipinski definition) is 5. The lowest BCUT2D eigenvalue weighted by molar-refractivity contribution is -0.122. The van der Waals surface area contributed by atoms with Crippen molar-refractivity contribution in [2.45, 2.75) is 20.0 Å². The van der Waals surface area contributed by atoms with Gasteiger partial charge < -0.3 is 20.3 Å². The molecule has 29 heavy (non-hydrogen) atoms. The van der Waals surface area contributed by atoms with Crippen LogP contribution in [0.4, 0.5) is 11.4 Å². The Hall–Kier alpha value is -3.06. The predicted octanol–water partition coefficient (Wildman–Crippen LogP) is 2.88. The smallest absolute Gasteiger partial charge is 0.265 e. The van der Waals surface area contributed by atoms with Crippen LogP contribution in [0.1, 0.15) is 24.2 Å². The zero-order valence-electron chi connectivity index (χ0n) is 16.2. The molecule has 2 amide bonds. The summed E-state index contributed by atoms with van der Waals surface area (Å²) in [4.78, 5) is 37.4. The molecule has 7 nitrogen and oxygen atoms in total. The van der Waals surface area contributed by atoms with Crippen molar-refractivity contribution in [3.8, 4) is 5.75 Å². The van der Waals surface area contributed by atoms with Gasteiger partial charge in [0, 0.05) is 24.3 Å². The molecule has 8 heteroatoms. The van der Waals surface area contributed by atoms with Crippen molar-refractivity contribution in [1.29, 1.82) is 0 Å². The highest BCUT2D eigenvalue weighted by molar-refractivity contribution is 6.33. The monoisotopic (exact) mass is 415 g/mol. The van der Waals surface area contributed by atoms with Crippen molar-refractivity contribution in [3.05, 3.63) is 53.1 Å². The highest BCUT2D eigenvalue weighted by Crippen LogP contribution is 2.29. The third-order valence-corrected chi connectivity index (χ3v) is 4.82. The molecule has 2 aromatic carbocycles. The van der Waals surface area contributed by atoms with E-state index in [4.69, 9.17) is 16.3 Å². The van der Waals surface area contributed by atoms with Gasteiger partial charge in [0.1, 0.15) is 5.75 Å². The largest absolute Gasteiger partial charge is 0.481 e. The second kappa shape index (κ2) is 8.96. The molecule has 2 N–H and O–H groups in total. The van der Waals surface area contributed by atoms with Gasteiger partial charge >= 0.3 is 0 Å². The molecule has 152 valence electrons. The van der Waals surface area contributed by atoms with E-state index in [0.29, 0.717) is 35.1 Å². The lowest BCUT2D eigenvalue weighted by atomic mass is 10.1. The van der Waals surface area contributed by atoms with Gasteiger partial charge in [-0.25, -0.2) is 0 Å². The topological polar surface area (TPSA) is 87.7 Å². The summed E-state index contributed by atoms with van der Waals surface area (Å²) in [6.45, 7) is 4.57. The van der Waals surface area contributed by atoms with E-state index in [1.165, 1.54) is 6.92 Å². The van der Waals surface area contributed by atoms with Gasteiger partial charge in [0.25, 0.3) is 5.91 Å². The van der Waals surface area contributed by atoms with E-state index in [9.17, 15) is 14.4 Å². The Kier molecular flexibility index (Phi) is 6.39. The van der Waals surface area contributed by atoms with Gasteiger partial charge in [-0.1, -0.05) is 23.7 Å². The van der Waals surface area contributed by atoms with Crippen LogP contribution in [0.3, 0.4) is 0 Å². The maximum atomic E-state index is 12.5. The third kappa shape index (κ3) is 5.26. The number of nitrogens with one attached hydrogen (secondary N) is 2. The first-order valence-corrected chi connectivity index (χ1v) is 9.61. The second-order valence-corrected chi connectivity index (χ2v) is 7.18. The molecule has 0 spiro atoms. The van der Waals surface area contributed by atoms with E-state index >= 15 is 0 Å². The van der Waals surface area contributed by atoms with Crippen LogP contribution in [0, 0.1) is 0 Å². The minimum absolute atomic E-state index is 0.0514. The van der Waals surface area contributed by atoms with E-state index < -0.39 is 6.10 Å². The van der Waals surface area contributed by atoms with Crippen molar-refractivity contribution in [1.82, 2.24) is 5.32 Å². The number of ether oxygens (including phenoxy) is 1. The molecular weight excluding hydrogens is 394 g/mol. The predicted molar refractivity (Wildman–Crippen MR) is 112 cm³/mol. The Morgan fingerprint density at radius 2 is 2.03 bits per heavy atom. The van der Waals surface area contributed by atoms with Crippen molar-refractivity contribution in [2.24, 2.45) is 0 Å². The number of carbonyl (C=O) groups is 3. The molecule has 0 radical (unpaired) electrons. The Balaban J connectivity index is 1.64. The first kappa shape index (κ1) is 20.7. The molecule has 1 saturated heterocycles. The van der Waals surface area contributed by atoms with Gasteiger partial charge in [-0.3, -0.25) is 14.4 Å². The Labute approximate surface area is 174 Å². The summed E-state index contributed by atoms with van der Waals surface area (Å²) in [5.74, 6) is -0.0329. The minimum Gasteiger partial charge on any atom is -0.481 e. The zero-order valence-corrected chi connectivity index (χ0v) is 17.0. The van der Waals surface area contributed by atoms with Crippen LogP contribution in [-0.4, -0.2) is 43.3 Å². The summed E-state index contributed by atoms with van der Waals surface area (Å²) in [6.07, 6.45) is -0.776. The number of piperazine rings is 1. The van der Waals surface area contributed by atoms with Gasteiger partial charge in [0.05, 0.1) is 17.3 Å². The molecule has 0 bridgehead atoms. The van der Waals surface area contributed by atoms with E-state index in [1.54, 1.807) is 49.4 Å². The van der Waals surface area contributed by atoms with E-state index in [0.717, 1.165) is 5.69 Å². The number of rotatable bonds is 6. The molecule has 0 saturated carbocycles. The minimum atomic E-state index is -0.776. The summed E-state index contributed by atoms with van der Waals surface area (Å²) in [6, 6.07) is 11.8. The number of Topliss-reactive ketones (excluding diaryl/α,β-unsaturated/α-hetero) is 1. The lowest BCUT2D eigenvalue weighted by Crippen LogP contribution is -2.47. The molecule has 0 aliphatic carbocycles. The first-order valence-electron chi connectivity index (χ1n) is 9.23. The van der Waals surface area contributed by atoms with Crippen molar-refractivity contribution in [3.63, 3.8) is 0 Å². The van der Waals surface area contributed by atoms with Crippen molar-refractivity contribution in [2.75, 3.05) is 29.9 Å². The number of anilines is 2. The number of amides is 2. The number of benzene rings is 2. The molecule has 1 aliphatic rings. The fourth-order valence-electron chi connectivity index (χ4n) is 2.98. The summed E-state index contributed by atoms with van der Waals surface area (Å²) in [7, 11) is 0. The quantitative estimate of drug-likeness (QED) is 0.708. The summed E-state index contributed by atoms with van der Waals surface area (Å²) in [5, 5.41) is 5.98. The standard InChI is InChI=1S/C21H22ClN3O4/c1-13(26)15-4-3-5-17(10-15)29-14(2)21(28)24-16-6-7-19(18(22)11-16)25-9-8-23-20(27)12-25/h3-7,10-11,14H,8-9,12H2,1-2H3,(H,23,27)(H,24,28). The van der Waals surface area contributed by atoms with E-state index in [1.807, 2.05) is 4.90 Å². The molecule has 0 aromatic heterocycles. The normalized spacial score (nSPS) is 14.7. The van der Waals surface area contributed by atoms with Crippen LogP contribution in [0.25, 0.3) is 0 Å². The van der Waals surface area contributed by atoms with Gasteiger partial charge in [-0.15, -0.1) is 0 Å². The van der Waals surface area contributed by atoms with Crippen LogP contribution in [0.2, 0.25) is 5.02 Å². The first-order chi connectivity index (χ1) is 13.8. The molecule has 1 heterocycles. The van der Waals surface area contributed by atoms with Gasteiger partial charge in [0.2, 0.25) is 5.91 Å². The van der Waals surface area contributed by atoms with Gasteiger partial charge in [0.15, 0.2) is 11.9 Å². The fourth-order valence-corrected chi connectivity index (χ4v) is 3.28. The van der Waals surface area contributed by atoms with Gasteiger partial charge in [-0.2, -0.15) is 0 Å². The van der Waals surface area contributed by atoms with Crippen molar-refractivity contribution < 1.29 is 19.1 Å². The molecule has 2 aromatic rings. The average Bonchev–Trinajstić information content (AvgIpc) is 2.68. The average molecular weight is 416 g/mol. The molecule has 1 atom stereocenters. The van der Waals surface area contributed by atoms with E-state index in [2.05, 4.69) is 10.6 Å². The number of nitrogens with zero attached hydrogens (tertiary/aromatic N) is 1. The SMILES string of the molecule is CC(=O)c1cccc(OC(C)C(=O)Nc2ccc(N3CCNC(=O)C3)c(Cl)c2)c1. The Morgan fingerprint density at radius 1 is 1.24 bits per heavy atom. The van der Waals surface area contributed by atoms with Crippen LogP contribution in [0.5, 0.6) is 5.75 Å². The Morgan fingerprint density at radius 3 is 2.72 bits per heavy atom. The lowest BCUT2D eigenvalue weighted by Gasteiger charge is -2.29. The maximum absolute atomic E-state index is 12.5. The number of hydrogen-bond donors (Lipinski definition) is 2. The van der Waals surface area contributed by atoms with Gasteiger partial charge in [-0.05, 0) is 44.2 Å². The van der Waals surface area contributed by atoms with E-state index in [-0.39, 0.29) is 24.1 Å². The molecule has 1 unspecified atom stereocenters. The van der Waals surface area contributed by atoms with Crippen LogP contribution < -0.4 is 20.3 Å². The highest BCUT2D eigenvalue weighted by atomic mass is 35.5. The molecule has 3 rings (SSSR count). The maximum Gasteiger partial charge on any atom is 0.265 e. The molecule has 1 aliphatic heterocycles. The molecular formula is C21H22ClN3O4. The Bertz CT molecular complexity index is 947. The number of carbonyl (C=O) groups excluding carboxylic acids is 3. The number of ketones is 1. The van der Waals surface area contributed by atoms with Crippen LogP contribution >= 0.6 is 11.6 Å². The third-order valence-electron chi connectivity index (χ3n) is 4.52. The highest BCUT2D eigenvalue weighted by Gasteiger charge is 2.20. The summed E-state index contributed by atoms with van der Waals surface area (Å²) >= 11 is 6.36. The summed E-state index contributed by atoms with van der Waals surface area (Å²) < 4.78 is 5.65. The fraction of sp³-hybridized carbons (Fsp3) is 0.286. The second-order valence-electron chi connectivity index (χ2n) is 6.77. The van der Waals surface area contributed by atoms with Crippen LogP contribution in [0.15, 0.2) is 42.5 Å². The van der Waals surface area contributed by atoms with Crippen LogP contribution in [-0.2, 0) is 9.59 Å². The van der Waals surface area contributed by atoms with Crippen molar-refractivity contribution >= 4 is 40.6 Å². The molecule has 1 fully saturated rings.